The predicted octanol–water partition coefficient (Wildman–Crippen LogP) is 2.30. The number of hydrogen-bond donors (Lipinski definition) is 1. The Labute approximate surface area is 125 Å². The third-order valence-electron chi connectivity index (χ3n) is 3.35. The van der Waals surface area contributed by atoms with Gasteiger partial charge in [-0.2, -0.15) is 4.73 Å². The van der Waals surface area contributed by atoms with Crippen LogP contribution in [0.3, 0.4) is 0 Å². The van der Waals surface area contributed by atoms with Crippen molar-refractivity contribution < 1.29 is 10.0 Å². The molecule has 5 nitrogen and oxygen atoms in total. The summed E-state index contributed by atoms with van der Waals surface area (Å²) < 4.78 is 0.985. The van der Waals surface area contributed by atoms with Crippen LogP contribution in [0.25, 0.3) is 6.08 Å². The number of fused-ring (bicyclic) bond motifs is 1. The van der Waals surface area contributed by atoms with Gasteiger partial charge in [0.15, 0.2) is 0 Å². The Kier molecular flexibility index (Phi) is 3.31. The van der Waals surface area contributed by atoms with Gasteiger partial charge in [0.05, 0.1) is 5.69 Å². The molecule has 1 N–H and O–H groups in total. The van der Waals surface area contributed by atoms with Crippen molar-refractivity contribution in [3.05, 3.63) is 56.8 Å². The molecule has 0 radical (unpaired) electrons. The number of nitrogens with zero attached hydrogens (tertiary/aromatic N) is 3. The third kappa shape index (κ3) is 2.34. The van der Waals surface area contributed by atoms with Crippen LogP contribution in [0, 0.1) is 13.8 Å². The van der Waals surface area contributed by atoms with E-state index in [1.807, 2.05) is 31.2 Å². The van der Waals surface area contributed by atoms with E-state index in [4.69, 9.17) is 0 Å². The van der Waals surface area contributed by atoms with E-state index in [1.54, 1.807) is 13.0 Å². The van der Waals surface area contributed by atoms with Gasteiger partial charge in [0.25, 0.3) is 0 Å². The molecule has 0 saturated carbocycles. The van der Waals surface area contributed by atoms with Crippen LogP contribution in [-0.4, -0.2) is 21.4 Å². The fourth-order valence-electron chi connectivity index (χ4n) is 2.04. The van der Waals surface area contributed by atoms with E-state index < -0.39 is 0 Å². The average molecular weight is 299 g/mol. The molecule has 0 atom stereocenters. The van der Waals surface area contributed by atoms with E-state index >= 15 is 0 Å². The maximum Gasteiger partial charge on any atom is 0.244 e. The third-order valence-corrected chi connectivity index (χ3v) is 4.39. The molecule has 6 heteroatoms. The first-order valence-corrected chi connectivity index (χ1v) is 7.21. The highest BCUT2D eigenvalue weighted by atomic mass is 32.1. The summed E-state index contributed by atoms with van der Waals surface area (Å²) in [6.45, 7) is 3.68. The van der Waals surface area contributed by atoms with Crippen LogP contribution in [0.4, 0.5) is 0 Å². The van der Waals surface area contributed by atoms with E-state index in [0.717, 1.165) is 20.7 Å². The number of hydrogen-bond acceptors (Lipinski definition) is 5. The highest BCUT2D eigenvalue weighted by Gasteiger charge is 2.18. The lowest BCUT2D eigenvalue weighted by atomic mass is 9.95. The molecule has 2 aromatic rings. The normalized spacial score (nSPS) is 16.6. The van der Waals surface area contributed by atoms with Gasteiger partial charge >= 0.3 is 0 Å². The van der Waals surface area contributed by atoms with Crippen molar-refractivity contribution >= 4 is 28.9 Å². The second-order valence-corrected chi connectivity index (χ2v) is 5.85. The van der Waals surface area contributed by atoms with Crippen LogP contribution in [0.15, 0.2) is 40.5 Å². The Morgan fingerprint density at radius 3 is 2.62 bits per heavy atom. The molecule has 106 valence electrons. The number of aryl methyl sites for hydroxylation is 1. The van der Waals surface area contributed by atoms with Crippen LogP contribution in [-0.2, 0) is 4.79 Å². The first-order chi connectivity index (χ1) is 10.1. The molecule has 1 aromatic heterocycles. The van der Waals surface area contributed by atoms with Gasteiger partial charge in [-0.15, -0.1) is 10.2 Å². The average Bonchev–Trinajstić information content (AvgIpc) is 2.73. The topological polar surface area (TPSA) is 67.0 Å². The van der Waals surface area contributed by atoms with Gasteiger partial charge in [0.2, 0.25) is 10.6 Å². The Morgan fingerprint density at radius 1 is 1.14 bits per heavy atom. The van der Waals surface area contributed by atoms with Crippen molar-refractivity contribution in [3.8, 4) is 0 Å². The zero-order valence-corrected chi connectivity index (χ0v) is 12.4. The number of thiazole rings is 1. The van der Waals surface area contributed by atoms with Gasteiger partial charge in [0.1, 0.15) is 5.71 Å². The number of carbonyl (C=O) groups is 1. The number of aromatic nitrogens is 1. The summed E-state index contributed by atoms with van der Waals surface area (Å²) in [5.74, 6) is -0.188. The maximum atomic E-state index is 12.0. The van der Waals surface area contributed by atoms with Gasteiger partial charge in [-0.3, -0.25) is 4.79 Å². The lowest BCUT2D eigenvalue weighted by Gasteiger charge is -2.09. The summed E-state index contributed by atoms with van der Waals surface area (Å²) in [5.41, 5.74) is 2.69. The van der Waals surface area contributed by atoms with Crippen molar-refractivity contribution in [2.24, 2.45) is 10.2 Å². The number of benzene rings is 1. The molecular weight excluding hydrogens is 286 g/mol. The molecule has 1 aliphatic carbocycles. The van der Waals surface area contributed by atoms with Crippen molar-refractivity contribution in [1.82, 2.24) is 4.73 Å². The van der Waals surface area contributed by atoms with Crippen LogP contribution < -0.4 is 4.80 Å². The Morgan fingerprint density at radius 2 is 1.90 bits per heavy atom. The zero-order chi connectivity index (χ0) is 15.0. The van der Waals surface area contributed by atoms with Crippen LogP contribution in [0.5, 0.6) is 0 Å². The standard InChI is InChI=1S/C15H13N3O2S/c1-9-10(2)21-15(18(9)20)17-16-14-12-6-4-3-5-11(12)7-8-13(14)19/h3-8,20H,1-2H3/b16-14+,17-15-. The van der Waals surface area contributed by atoms with Gasteiger partial charge in [-0.1, -0.05) is 41.7 Å². The second-order valence-electron chi connectivity index (χ2n) is 4.67. The number of carbonyl (C=O) groups excluding carboxylic acids is 1. The molecular formula is C15H13N3O2S. The molecule has 0 bridgehead atoms. The monoisotopic (exact) mass is 299 g/mol. The van der Waals surface area contributed by atoms with Crippen molar-refractivity contribution in [2.75, 3.05) is 0 Å². The van der Waals surface area contributed by atoms with Crippen molar-refractivity contribution in [2.45, 2.75) is 13.8 Å². The van der Waals surface area contributed by atoms with Gasteiger partial charge in [0, 0.05) is 10.4 Å². The SMILES string of the molecule is Cc1s/c(=N\N=C2\C(=O)C=Cc3ccccc32)n(O)c1C. The molecule has 0 spiro atoms. The molecule has 0 aliphatic heterocycles. The fourth-order valence-corrected chi connectivity index (χ4v) is 2.85. The molecule has 3 rings (SSSR count). The molecule has 1 aliphatic rings. The maximum absolute atomic E-state index is 12.0. The first kappa shape index (κ1) is 13.5. The summed E-state index contributed by atoms with van der Waals surface area (Å²) in [6.07, 6.45) is 3.25. The van der Waals surface area contributed by atoms with Crippen LogP contribution >= 0.6 is 11.3 Å². The summed E-state index contributed by atoms with van der Waals surface area (Å²) in [5, 5.41) is 18.0. The predicted molar refractivity (Wildman–Crippen MR) is 81.6 cm³/mol. The molecule has 21 heavy (non-hydrogen) atoms. The summed E-state index contributed by atoms with van der Waals surface area (Å²) in [4.78, 5) is 13.3. The Balaban J connectivity index is 2.13. The zero-order valence-electron chi connectivity index (χ0n) is 11.6. The summed E-state index contributed by atoms with van der Waals surface area (Å²) >= 11 is 1.32. The summed E-state index contributed by atoms with van der Waals surface area (Å²) in [7, 11) is 0. The van der Waals surface area contributed by atoms with E-state index in [-0.39, 0.29) is 11.5 Å². The van der Waals surface area contributed by atoms with Crippen molar-refractivity contribution in [1.29, 1.82) is 0 Å². The van der Waals surface area contributed by atoms with Gasteiger partial charge in [-0.05, 0) is 25.5 Å². The number of ketones is 1. The second kappa shape index (κ2) is 5.14. The molecule has 1 heterocycles. The first-order valence-electron chi connectivity index (χ1n) is 6.39. The van der Waals surface area contributed by atoms with E-state index in [9.17, 15) is 10.0 Å². The minimum atomic E-state index is -0.188. The van der Waals surface area contributed by atoms with Gasteiger partial charge < -0.3 is 5.21 Å². The quantitative estimate of drug-likeness (QED) is 0.648. The largest absolute Gasteiger partial charge is 0.426 e. The van der Waals surface area contributed by atoms with E-state index in [2.05, 4.69) is 10.2 Å². The number of rotatable bonds is 1. The van der Waals surface area contributed by atoms with E-state index in [0.29, 0.717) is 10.5 Å². The lowest BCUT2D eigenvalue weighted by molar-refractivity contribution is -0.108. The van der Waals surface area contributed by atoms with Gasteiger partial charge in [-0.25, -0.2) is 0 Å². The summed E-state index contributed by atoms with van der Waals surface area (Å²) in [6, 6.07) is 7.51. The molecule has 0 fully saturated rings. The molecule has 0 amide bonds. The lowest BCUT2D eigenvalue weighted by Crippen LogP contribution is -2.18. The highest BCUT2D eigenvalue weighted by Crippen LogP contribution is 2.17. The molecule has 1 aromatic carbocycles. The minimum Gasteiger partial charge on any atom is -0.426 e. The molecule has 0 saturated heterocycles. The minimum absolute atomic E-state index is 0.188. The van der Waals surface area contributed by atoms with Crippen LogP contribution in [0.1, 0.15) is 21.7 Å². The Hall–Kier alpha value is -2.47. The highest BCUT2D eigenvalue weighted by molar-refractivity contribution is 7.09. The smallest absolute Gasteiger partial charge is 0.244 e. The van der Waals surface area contributed by atoms with Crippen LogP contribution in [0.2, 0.25) is 0 Å². The van der Waals surface area contributed by atoms with Crippen molar-refractivity contribution in [3.63, 3.8) is 0 Å². The number of allylic oxidation sites excluding steroid dienone is 1. The Bertz CT molecular complexity index is 856. The fraction of sp³-hybridized carbons (Fsp3) is 0.133. The molecule has 0 unspecified atom stereocenters. The van der Waals surface area contributed by atoms with E-state index in [1.165, 1.54) is 17.4 Å².